The number of rotatable bonds is 7. The topological polar surface area (TPSA) is 96.1 Å². The molecule has 3 aromatic heterocycles. The monoisotopic (exact) mass is 775 g/mol. The van der Waals surface area contributed by atoms with E-state index in [-0.39, 0.29) is 23.8 Å². The molecule has 3 aliphatic heterocycles. The third kappa shape index (κ3) is 6.88. The average Bonchev–Trinajstić information content (AvgIpc) is 3.77. The van der Waals surface area contributed by atoms with Gasteiger partial charge in [-0.3, -0.25) is 24.2 Å². The van der Waals surface area contributed by atoms with Crippen LogP contribution in [0.3, 0.4) is 0 Å². The van der Waals surface area contributed by atoms with E-state index in [1.165, 1.54) is 5.56 Å². The second kappa shape index (κ2) is 15.4. The van der Waals surface area contributed by atoms with E-state index < -0.39 is 0 Å². The number of aryl methyl sites for hydroxylation is 1. The number of fused-ring (bicyclic) bond motifs is 3. The Morgan fingerprint density at radius 3 is 2.34 bits per heavy atom. The van der Waals surface area contributed by atoms with Crippen LogP contribution in [0.4, 0.5) is 11.4 Å². The number of aromatic nitrogens is 3. The molecule has 0 unspecified atom stereocenters. The van der Waals surface area contributed by atoms with Gasteiger partial charge in [-0.15, -0.1) is 0 Å². The summed E-state index contributed by atoms with van der Waals surface area (Å²) in [6.07, 6.45) is 5.16. The van der Waals surface area contributed by atoms with Crippen LogP contribution in [0.1, 0.15) is 55.6 Å². The number of para-hydroxylation sites is 1. The van der Waals surface area contributed by atoms with Crippen LogP contribution in [0.15, 0.2) is 97.3 Å². The zero-order chi connectivity index (χ0) is 40.1. The first-order valence-corrected chi connectivity index (χ1v) is 20.2. The molecule has 1 fully saturated rings. The number of carbonyl (C=O) groups is 3. The highest BCUT2D eigenvalue weighted by molar-refractivity contribution is 6.13. The van der Waals surface area contributed by atoms with Gasteiger partial charge in [-0.25, -0.2) is 4.98 Å². The summed E-state index contributed by atoms with van der Waals surface area (Å²) in [5, 5.41) is 0.937. The van der Waals surface area contributed by atoms with Gasteiger partial charge in [0.15, 0.2) is 0 Å². The Kier molecular flexibility index (Phi) is 9.95. The third-order valence-electron chi connectivity index (χ3n) is 12.4. The maximum absolute atomic E-state index is 15.4. The summed E-state index contributed by atoms with van der Waals surface area (Å²) >= 11 is 0. The van der Waals surface area contributed by atoms with Crippen LogP contribution in [0, 0.1) is 6.92 Å². The van der Waals surface area contributed by atoms with Crippen LogP contribution in [-0.4, -0.2) is 92.0 Å². The molecular formula is C47H49N7O4. The van der Waals surface area contributed by atoms with Crippen LogP contribution >= 0.6 is 0 Å². The largest absolute Gasteiger partial charge is 0.379 e. The minimum absolute atomic E-state index is 0.0200. The number of pyridine rings is 1. The van der Waals surface area contributed by atoms with Crippen molar-refractivity contribution in [1.29, 1.82) is 0 Å². The van der Waals surface area contributed by atoms with Gasteiger partial charge in [0.25, 0.3) is 11.8 Å². The second-order valence-corrected chi connectivity index (χ2v) is 15.9. The van der Waals surface area contributed by atoms with E-state index in [0.29, 0.717) is 56.1 Å². The van der Waals surface area contributed by atoms with Crippen molar-refractivity contribution >= 4 is 40.1 Å². The number of anilines is 2. The van der Waals surface area contributed by atoms with Gasteiger partial charge in [0.1, 0.15) is 5.65 Å². The highest BCUT2D eigenvalue weighted by Gasteiger charge is 2.35. The van der Waals surface area contributed by atoms with Crippen molar-refractivity contribution in [2.75, 3.05) is 44.3 Å². The zero-order valence-electron chi connectivity index (χ0n) is 33.6. The molecule has 58 heavy (non-hydrogen) atoms. The molecule has 9 rings (SSSR count). The molecule has 11 nitrogen and oxygen atoms in total. The van der Waals surface area contributed by atoms with Crippen LogP contribution in [0.25, 0.3) is 22.3 Å². The zero-order valence-corrected chi connectivity index (χ0v) is 33.6. The molecule has 1 saturated heterocycles. The minimum atomic E-state index is -0.191. The third-order valence-corrected chi connectivity index (χ3v) is 12.4. The summed E-state index contributed by atoms with van der Waals surface area (Å²) in [5.41, 5.74) is 10.2. The van der Waals surface area contributed by atoms with E-state index >= 15 is 9.59 Å². The second-order valence-electron chi connectivity index (χ2n) is 15.9. The number of nitrogens with zero attached hydrogens (tertiary/aromatic N) is 7. The SMILES string of the molecule is CC(=O)N1CCc2cc(-c3cc(C(=O)N(c4ccccc4)c4cnc5c(ccn5C)c4)c(C)n3C)c(C(=O)N3Cc4ccccc4C[C@H]3CN3CCOCC3)cc2C1. The normalized spacial score (nSPS) is 16.9. The number of benzene rings is 3. The first kappa shape index (κ1) is 37.5. The summed E-state index contributed by atoms with van der Waals surface area (Å²) in [6, 6.07) is 28.2. The first-order chi connectivity index (χ1) is 28.1. The Labute approximate surface area is 339 Å². The Balaban J connectivity index is 1.15. The number of hydrogen-bond acceptors (Lipinski definition) is 6. The van der Waals surface area contributed by atoms with Crippen molar-refractivity contribution in [3.63, 3.8) is 0 Å². The highest BCUT2D eigenvalue weighted by Crippen LogP contribution is 2.37. The fourth-order valence-electron chi connectivity index (χ4n) is 9.01. The van der Waals surface area contributed by atoms with E-state index in [2.05, 4.69) is 34.1 Å². The standard InChI is InChI=1S/C47H49N7O4/c1-31-41(47(57)54(38-12-6-5-7-13-38)39-23-35-14-16-49(3)45(35)48-27-39)26-44(50(31)4)42-24-34-15-17-52(32(2)55)28-37(34)25-43(42)46(56)53-29-36-11-9-8-10-33(36)22-40(53)30-51-18-20-58-21-19-51/h5-14,16,23-27,40H,15,17-22,28-30H2,1-4H3/t40-/m0/s1. The Morgan fingerprint density at radius 2 is 1.57 bits per heavy atom. The maximum Gasteiger partial charge on any atom is 0.264 e. The van der Waals surface area contributed by atoms with Crippen LogP contribution < -0.4 is 4.90 Å². The number of hydrogen-bond donors (Lipinski definition) is 0. The van der Waals surface area contributed by atoms with Gasteiger partial charge >= 0.3 is 0 Å². The average molecular weight is 776 g/mol. The lowest BCUT2D eigenvalue weighted by Gasteiger charge is -2.41. The van der Waals surface area contributed by atoms with Crippen LogP contribution in [0.2, 0.25) is 0 Å². The molecule has 296 valence electrons. The van der Waals surface area contributed by atoms with Crippen molar-refractivity contribution in [3.8, 4) is 11.3 Å². The molecule has 0 radical (unpaired) electrons. The van der Waals surface area contributed by atoms with Crippen LogP contribution in [0.5, 0.6) is 0 Å². The van der Waals surface area contributed by atoms with Gasteiger partial charge in [0.2, 0.25) is 5.91 Å². The van der Waals surface area contributed by atoms with E-state index in [0.717, 1.165) is 76.4 Å². The molecule has 3 aliphatic rings. The van der Waals surface area contributed by atoms with Crippen molar-refractivity contribution in [2.24, 2.45) is 14.1 Å². The molecule has 0 N–H and O–H groups in total. The smallest absolute Gasteiger partial charge is 0.264 e. The Morgan fingerprint density at radius 1 is 0.810 bits per heavy atom. The van der Waals surface area contributed by atoms with Crippen molar-refractivity contribution in [2.45, 2.75) is 45.8 Å². The molecule has 3 aromatic carbocycles. The summed E-state index contributed by atoms with van der Waals surface area (Å²) < 4.78 is 9.67. The molecule has 11 heteroatoms. The molecule has 0 aliphatic carbocycles. The van der Waals surface area contributed by atoms with Gasteiger partial charge in [-0.2, -0.15) is 0 Å². The van der Waals surface area contributed by atoms with Gasteiger partial charge in [-0.05, 0) is 84.5 Å². The van der Waals surface area contributed by atoms with E-state index in [1.807, 2.05) is 102 Å². The molecule has 6 heterocycles. The summed E-state index contributed by atoms with van der Waals surface area (Å²) in [7, 11) is 3.92. The lowest BCUT2D eigenvalue weighted by Crippen LogP contribution is -2.52. The Bertz CT molecular complexity index is 2550. The lowest BCUT2D eigenvalue weighted by atomic mass is 9.89. The van der Waals surface area contributed by atoms with Crippen LogP contribution in [-0.2, 0) is 49.6 Å². The van der Waals surface area contributed by atoms with Crippen molar-refractivity contribution < 1.29 is 19.1 Å². The van der Waals surface area contributed by atoms with E-state index in [1.54, 1.807) is 18.0 Å². The Hall–Kier alpha value is -6.04. The molecule has 3 amide bonds. The first-order valence-electron chi connectivity index (χ1n) is 20.2. The van der Waals surface area contributed by atoms with Gasteiger partial charge < -0.3 is 23.7 Å². The fraction of sp³-hybridized carbons (Fsp3) is 0.319. The summed E-state index contributed by atoms with van der Waals surface area (Å²) in [6.45, 7) is 8.92. The van der Waals surface area contributed by atoms with Gasteiger partial charge in [-0.1, -0.05) is 42.5 Å². The predicted molar refractivity (Wildman–Crippen MR) is 225 cm³/mol. The molecule has 0 spiro atoms. The fourth-order valence-corrected chi connectivity index (χ4v) is 9.01. The predicted octanol–water partition coefficient (Wildman–Crippen LogP) is 6.67. The lowest BCUT2D eigenvalue weighted by molar-refractivity contribution is -0.129. The number of amides is 3. The van der Waals surface area contributed by atoms with Gasteiger partial charge in [0, 0.05) is 106 Å². The number of ether oxygens (including phenoxy) is 1. The summed E-state index contributed by atoms with van der Waals surface area (Å²) in [5.74, 6) is -0.221. The van der Waals surface area contributed by atoms with Crippen molar-refractivity contribution in [3.05, 3.63) is 136 Å². The molecule has 0 saturated carbocycles. The molecule has 0 bridgehead atoms. The maximum atomic E-state index is 15.4. The molecule has 6 aromatic rings. The summed E-state index contributed by atoms with van der Waals surface area (Å²) in [4.78, 5) is 55.7. The van der Waals surface area contributed by atoms with E-state index in [9.17, 15) is 4.79 Å². The quantitative estimate of drug-likeness (QED) is 0.180. The van der Waals surface area contributed by atoms with Gasteiger partial charge in [0.05, 0.1) is 30.7 Å². The number of morpholine rings is 1. The number of carbonyl (C=O) groups excluding carboxylic acids is 3. The van der Waals surface area contributed by atoms with E-state index in [4.69, 9.17) is 9.72 Å². The highest BCUT2D eigenvalue weighted by atomic mass is 16.5. The molecular weight excluding hydrogens is 727 g/mol. The van der Waals surface area contributed by atoms with Crippen molar-refractivity contribution in [1.82, 2.24) is 28.8 Å². The molecule has 1 atom stereocenters. The minimum Gasteiger partial charge on any atom is -0.379 e.